The highest BCUT2D eigenvalue weighted by Crippen LogP contribution is 2.27. The van der Waals surface area contributed by atoms with Crippen molar-refractivity contribution in [1.82, 2.24) is 0 Å². The summed E-state index contributed by atoms with van der Waals surface area (Å²) in [6.07, 6.45) is -11.1. The first-order valence-corrected chi connectivity index (χ1v) is 6.55. The van der Waals surface area contributed by atoms with E-state index in [1.165, 1.54) is 6.92 Å². The molecule has 2 aliphatic heterocycles. The molecular weight excluding hydrogens is 304 g/mol. The van der Waals surface area contributed by atoms with Gasteiger partial charge < -0.3 is 44.8 Å². The molecule has 0 saturated carbocycles. The van der Waals surface area contributed by atoms with Gasteiger partial charge in [-0.3, -0.25) is 0 Å². The van der Waals surface area contributed by atoms with Crippen LogP contribution in [0, 0.1) is 0 Å². The molecule has 10 nitrogen and oxygen atoms in total. The van der Waals surface area contributed by atoms with Crippen LogP contribution in [0.3, 0.4) is 0 Å². The van der Waals surface area contributed by atoms with E-state index in [4.69, 9.17) is 19.3 Å². The maximum atomic E-state index is 10.9. The second-order valence-electron chi connectivity index (χ2n) is 5.12. The first kappa shape index (κ1) is 17.1. The van der Waals surface area contributed by atoms with Crippen molar-refractivity contribution in [1.29, 1.82) is 0 Å². The van der Waals surface area contributed by atoms with E-state index in [0.717, 1.165) is 6.08 Å². The first-order chi connectivity index (χ1) is 10.2. The summed E-state index contributed by atoms with van der Waals surface area (Å²) in [6, 6.07) is 0. The Morgan fingerprint density at radius 3 is 2.36 bits per heavy atom. The van der Waals surface area contributed by atoms with Crippen LogP contribution in [0.4, 0.5) is 0 Å². The van der Waals surface area contributed by atoms with Gasteiger partial charge in [0.2, 0.25) is 12.0 Å². The van der Waals surface area contributed by atoms with Gasteiger partial charge in [0.05, 0.1) is 6.10 Å². The van der Waals surface area contributed by atoms with Crippen LogP contribution in [-0.4, -0.2) is 85.8 Å². The number of carboxylic acids is 1. The van der Waals surface area contributed by atoms with Crippen LogP contribution in [-0.2, 0) is 19.0 Å². The third kappa shape index (κ3) is 3.22. The Morgan fingerprint density at radius 2 is 1.77 bits per heavy atom. The molecule has 8 atom stereocenters. The molecule has 1 fully saturated rings. The second-order valence-corrected chi connectivity index (χ2v) is 5.12. The molecule has 0 radical (unpaired) electrons. The van der Waals surface area contributed by atoms with E-state index in [1.807, 2.05) is 0 Å². The van der Waals surface area contributed by atoms with E-state index in [1.54, 1.807) is 0 Å². The number of aliphatic hydroxyl groups is 5. The van der Waals surface area contributed by atoms with Crippen molar-refractivity contribution in [2.45, 2.75) is 56.1 Å². The van der Waals surface area contributed by atoms with Gasteiger partial charge in [0.25, 0.3) is 0 Å². The van der Waals surface area contributed by atoms with Crippen molar-refractivity contribution in [3.63, 3.8) is 0 Å². The minimum atomic E-state index is -1.68. The predicted octanol–water partition coefficient (Wildman–Crippen LogP) is -3.12. The molecule has 126 valence electrons. The minimum Gasteiger partial charge on any atom is -0.475 e. The highest BCUT2D eigenvalue weighted by molar-refractivity contribution is 5.84. The van der Waals surface area contributed by atoms with Crippen LogP contribution in [0.25, 0.3) is 0 Å². The highest BCUT2D eigenvalue weighted by Gasteiger charge is 2.46. The lowest BCUT2D eigenvalue weighted by Gasteiger charge is -2.41. The fourth-order valence-corrected chi connectivity index (χ4v) is 2.20. The van der Waals surface area contributed by atoms with Crippen LogP contribution < -0.4 is 0 Å². The van der Waals surface area contributed by atoms with E-state index in [9.17, 15) is 30.3 Å². The van der Waals surface area contributed by atoms with Crippen molar-refractivity contribution in [2.24, 2.45) is 0 Å². The topological polar surface area (TPSA) is 166 Å². The second kappa shape index (κ2) is 6.46. The number of aliphatic carboxylic acids is 1. The lowest BCUT2D eigenvalue weighted by atomic mass is 9.99. The molecule has 2 heterocycles. The van der Waals surface area contributed by atoms with Gasteiger partial charge in [-0.25, -0.2) is 4.79 Å². The van der Waals surface area contributed by atoms with Crippen LogP contribution >= 0.6 is 0 Å². The number of carboxylic acid groups (broad SMARTS) is 1. The van der Waals surface area contributed by atoms with Crippen molar-refractivity contribution in [2.75, 3.05) is 0 Å². The highest BCUT2D eigenvalue weighted by atomic mass is 16.7. The largest absolute Gasteiger partial charge is 0.475 e. The Labute approximate surface area is 124 Å². The van der Waals surface area contributed by atoms with Gasteiger partial charge in [0.15, 0.2) is 6.29 Å². The average molecular weight is 322 g/mol. The Morgan fingerprint density at radius 1 is 1.14 bits per heavy atom. The standard InChI is InChI=1S/C12H18O10/c1-3-6(14)8(16)9(11(19)20-3)22-12-7(15)4(13)2-5(21-12)10(17)18/h2-4,6-9,11-16,19H,1H3,(H,17,18)/t3-,4-,6-,7+,8+,9+,11?,12+/m0/s1. The fourth-order valence-electron chi connectivity index (χ4n) is 2.20. The number of hydrogen-bond donors (Lipinski definition) is 6. The molecule has 22 heavy (non-hydrogen) atoms. The van der Waals surface area contributed by atoms with Gasteiger partial charge >= 0.3 is 5.97 Å². The van der Waals surface area contributed by atoms with Crippen LogP contribution in [0.1, 0.15) is 6.92 Å². The average Bonchev–Trinajstić information content (AvgIpc) is 2.45. The number of rotatable bonds is 3. The Balaban J connectivity index is 2.12. The van der Waals surface area contributed by atoms with Crippen molar-refractivity contribution in [3.8, 4) is 0 Å². The molecule has 10 heteroatoms. The zero-order chi connectivity index (χ0) is 16.6. The molecule has 6 N–H and O–H groups in total. The van der Waals surface area contributed by atoms with Crippen LogP contribution in [0.2, 0.25) is 0 Å². The molecule has 2 aliphatic rings. The third-order valence-electron chi connectivity index (χ3n) is 3.50. The van der Waals surface area contributed by atoms with E-state index in [-0.39, 0.29) is 0 Å². The zero-order valence-electron chi connectivity index (χ0n) is 11.5. The summed E-state index contributed by atoms with van der Waals surface area (Å²) in [5.41, 5.74) is 0. The molecule has 1 unspecified atom stereocenters. The molecular formula is C12H18O10. The summed E-state index contributed by atoms with van der Waals surface area (Å²) >= 11 is 0. The quantitative estimate of drug-likeness (QED) is 0.313. The Hall–Kier alpha value is -1.27. The Bertz CT molecular complexity index is 451. The van der Waals surface area contributed by atoms with E-state index < -0.39 is 60.9 Å². The smallest absolute Gasteiger partial charge is 0.371 e. The number of hydrogen-bond acceptors (Lipinski definition) is 9. The van der Waals surface area contributed by atoms with E-state index in [0.29, 0.717) is 0 Å². The molecule has 0 bridgehead atoms. The lowest BCUT2D eigenvalue weighted by molar-refractivity contribution is -0.328. The molecule has 1 saturated heterocycles. The number of ether oxygens (including phenoxy) is 3. The maximum absolute atomic E-state index is 10.9. The third-order valence-corrected chi connectivity index (χ3v) is 3.50. The first-order valence-electron chi connectivity index (χ1n) is 6.55. The van der Waals surface area contributed by atoms with Crippen molar-refractivity contribution in [3.05, 3.63) is 11.8 Å². The molecule has 2 rings (SSSR count). The van der Waals surface area contributed by atoms with Gasteiger partial charge in [-0.2, -0.15) is 0 Å². The summed E-state index contributed by atoms with van der Waals surface area (Å²) < 4.78 is 14.9. The van der Waals surface area contributed by atoms with Crippen molar-refractivity contribution < 1.29 is 49.6 Å². The molecule has 0 aromatic heterocycles. The van der Waals surface area contributed by atoms with Gasteiger partial charge in [-0.05, 0) is 13.0 Å². The van der Waals surface area contributed by atoms with Crippen molar-refractivity contribution >= 4 is 5.97 Å². The van der Waals surface area contributed by atoms with Crippen LogP contribution in [0.5, 0.6) is 0 Å². The Kier molecular flexibility index (Phi) is 5.02. The normalized spacial score (nSPS) is 45.8. The van der Waals surface area contributed by atoms with Gasteiger partial charge in [-0.1, -0.05) is 0 Å². The predicted molar refractivity (Wildman–Crippen MR) is 66.0 cm³/mol. The van der Waals surface area contributed by atoms with Gasteiger partial charge in [0.1, 0.15) is 30.5 Å². The molecule has 0 aromatic rings. The molecule has 0 amide bonds. The monoisotopic (exact) mass is 322 g/mol. The molecule has 0 aliphatic carbocycles. The summed E-state index contributed by atoms with van der Waals surface area (Å²) in [4.78, 5) is 10.9. The van der Waals surface area contributed by atoms with E-state index in [2.05, 4.69) is 0 Å². The summed E-state index contributed by atoms with van der Waals surface area (Å²) in [7, 11) is 0. The molecule has 0 aromatic carbocycles. The summed E-state index contributed by atoms with van der Waals surface area (Å²) in [5.74, 6) is -2.15. The summed E-state index contributed by atoms with van der Waals surface area (Å²) in [6.45, 7) is 1.42. The van der Waals surface area contributed by atoms with Crippen LogP contribution in [0.15, 0.2) is 11.8 Å². The zero-order valence-corrected chi connectivity index (χ0v) is 11.5. The summed E-state index contributed by atoms with van der Waals surface area (Å²) in [5, 5.41) is 57.5. The van der Waals surface area contributed by atoms with Gasteiger partial charge in [-0.15, -0.1) is 0 Å². The minimum absolute atomic E-state index is 0.655. The lowest BCUT2D eigenvalue weighted by Crippen LogP contribution is -2.60. The van der Waals surface area contributed by atoms with Gasteiger partial charge in [0, 0.05) is 0 Å². The fraction of sp³-hybridized carbons (Fsp3) is 0.750. The maximum Gasteiger partial charge on any atom is 0.371 e. The number of aliphatic hydroxyl groups excluding tert-OH is 5. The van der Waals surface area contributed by atoms with E-state index >= 15 is 0 Å². The number of carbonyl (C=O) groups is 1. The SMILES string of the molecule is C[C@@H]1OC(O)[C@H](O[C@H]2OC(C(=O)O)=C[C@H](O)[C@H]2O)[C@H](O)[C@H]1O. The molecule has 0 spiro atoms.